The van der Waals surface area contributed by atoms with Crippen molar-refractivity contribution in [3.05, 3.63) is 51.0 Å². The lowest BCUT2D eigenvalue weighted by Gasteiger charge is -2.29. The number of carbonyl (C=O) groups is 2. The lowest BCUT2D eigenvalue weighted by Crippen LogP contribution is -2.43. The molecule has 0 fully saturated rings. The van der Waals surface area contributed by atoms with Crippen molar-refractivity contribution in [2.24, 2.45) is 0 Å². The van der Waals surface area contributed by atoms with Crippen LogP contribution in [-0.2, 0) is 9.59 Å². The third-order valence-corrected chi connectivity index (χ3v) is 5.26. The van der Waals surface area contributed by atoms with Gasteiger partial charge in [-0.25, -0.2) is 0 Å². The van der Waals surface area contributed by atoms with E-state index in [2.05, 4.69) is 21.2 Å². The molecule has 1 N–H and O–H groups in total. The maximum atomic E-state index is 12.5. The third kappa shape index (κ3) is 3.65. The molecule has 7 heteroatoms. The number of carbonyl (C=O) groups excluding carboxylic acids is 2. The molecule has 2 aromatic carbocycles. The van der Waals surface area contributed by atoms with Gasteiger partial charge in [-0.3, -0.25) is 14.5 Å². The number of fused-ring (bicyclic) bond motifs is 1. The standard InChI is InChI=1S/C18H16BrClN2O3/c1-10-11(2)14(5-4-13(10)19)21-17(23)8-22-15-7-12(20)3-6-16(15)25-9-18(22)24/h3-7H,8-9H2,1-2H3,(H,21,23). The van der Waals surface area contributed by atoms with Crippen LogP contribution >= 0.6 is 27.5 Å². The molecule has 3 rings (SSSR count). The molecule has 1 aliphatic heterocycles. The number of halogens is 2. The van der Waals surface area contributed by atoms with Crippen molar-refractivity contribution in [2.75, 3.05) is 23.4 Å². The second-order valence-electron chi connectivity index (χ2n) is 5.77. The molecule has 0 unspecified atom stereocenters. The van der Waals surface area contributed by atoms with E-state index in [4.69, 9.17) is 16.3 Å². The van der Waals surface area contributed by atoms with Crippen molar-refractivity contribution < 1.29 is 14.3 Å². The average molecular weight is 424 g/mol. The Bertz CT molecular complexity index is 870. The van der Waals surface area contributed by atoms with E-state index in [9.17, 15) is 9.59 Å². The minimum atomic E-state index is -0.286. The number of ether oxygens (including phenoxy) is 1. The fraction of sp³-hybridized carbons (Fsp3) is 0.222. The minimum absolute atomic E-state index is 0.0989. The summed E-state index contributed by atoms with van der Waals surface area (Å²) in [4.78, 5) is 26.1. The lowest BCUT2D eigenvalue weighted by atomic mass is 10.1. The summed E-state index contributed by atoms with van der Waals surface area (Å²) in [6, 6.07) is 8.71. The summed E-state index contributed by atoms with van der Waals surface area (Å²) in [5.41, 5.74) is 3.25. The molecule has 0 saturated heterocycles. The van der Waals surface area contributed by atoms with Gasteiger partial charge in [-0.1, -0.05) is 27.5 Å². The molecule has 25 heavy (non-hydrogen) atoms. The van der Waals surface area contributed by atoms with E-state index in [0.717, 1.165) is 21.3 Å². The fourth-order valence-electron chi connectivity index (χ4n) is 2.60. The predicted molar refractivity (Wildman–Crippen MR) is 102 cm³/mol. The highest BCUT2D eigenvalue weighted by molar-refractivity contribution is 9.10. The van der Waals surface area contributed by atoms with Crippen molar-refractivity contribution >= 4 is 50.7 Å². The second kappa shape index (κ2) is 7.06. The summed E-state index contributed by atoms with van der Waals surface area (Å²) in [5, 5.41) is 3.34. The number of benzene rings is 2. The molecule has 1 heterocycles. The lowest BCUT2D eigenvalue weighted by molar-refractivity contribution is -0.123. The molecule has 0 aromatic heterocycles. The van der Waals surface area contributed by atoms with Crippen LogP contribution < -0.4 is 15.0 Å². The summed E-state index contributed by atoms with van der Waals surface area (Å²) in [6.45, 7) is 3.70. The molecule has 1 aliphatic rings. The Morgan fingerprint density at radius 2 is 2.04 bits per heavy atom. The highest BCUT2D eigenvalue weighted by Crippen LogP contribution is 2.34. The number of amides is 2. The SMILES string of the molecule is Cc1c(Br)ccc(NC(=O)CN2C(=O)COc3ccc(Cl)cc32)c1C. The molecular formula is C18H16BrClN2O3. The van der Waals surface area contributed by atoms with Crippen LogP contribution in [0.1, 0.15) is 11.1 Å². The van der Waals surface area contributed by atoms with Crippen molar-refractivity contribution in [1.82, 2.24) is 0 Å². The van der Waals surface area contributed by atoms with E-state index in [1.54, 1.807) is 18.2 Å². The van der Waals surface area contributed by atoms with Gasteiger partial charge in [-0.05, 0) is 55.3 Å². The molecular weight excluding hydrogens is 408 g/mol. The number of hydrogen-bond acceptors (Lipinski definition) is 3. The van der Waals surface area contributed by atoms with Crippen molar-refractivity contribution in [1.29, 1.82) is 0 Å². The van der Waals surface area contributed by atoms with Gasteiger partial charge in [0.25, 0.3) is 5.91 Å². The van der Waals surface area contributed by atoms with Crippen LogP contribution in [0.3, 0.4) is 0 Å². The number of anilines is 2. The van der Waals surface area contributed by atoms with E-state index in [1.165, 1.54) is 4.90 Å². The highest BCUT2D eigenvalue weighted by atomic mass is 79.9. The van der Waals surface area contributed by atoms with Crippen molar-refractivity contribution in [2.45, 2.75) is 13.8 Å². The van der Waals surface area contributed by atoms with Crippen LogP contribution in [0.25, 0.3) is 0 Å². The van der Waals surface area contributed by atoms with Crippen LogP contribution in [0.4, 0.5) is 11.4 Å². The van der Waals surface area contributed by atoms with Crippen molar-refractivity contribution in [3.8, 4) is 5.75 Å². The normalized spacial score (nSPS) is 13.3. The monoisotopic (exact) mass is 422 g/mol. The van der Waals surface area contributed by atoms with Gasteiger partial charge in [0.15, 0.2) is 6.61 Å². The van der Waals surface area contributed by atoms with E-state index in [-0.39, 0.29) is 25.0 Å². The summed E-state index contributed by atoms with van der Waals surface area (Å²) < 4.78 is 6.36. The Labute approximate surface area is 159 Å². The van der Waals surface area contributed by atoms with Gasteiger partial charge in [-0.15, -0.1) is 0 Å². The first kappa shape index (κ1) is 17.8. The average Bonchev–Trinajstić information content (AvgIpc) is 2.58. The van der Waals surface area contributed by atoms with Crippen LogP contribution in [0.5, 0.6) is 5.75 Å². The van der Waals surface area contributed by atoms with Crippen molar-refractivity contribution in [3.63, 3.8) is 0 Å². The topological polar surface area (TPSA) is 58.6 Å². The van der Waals surface area contributed by atoms with Gasteiger partial charge in [0.05, 0.1) is 5.69 Å². The second-order valence-corrected chi connectivity index (χ2v) is 7.06. The Morgan fingerprint density at radius 1 is 1.28 bits per heavy atom. The van der Waals surface area contributed by atoms with Crippen LogP contribution in [0.15, 0.2) is 34.8 Å². The molecule has 0 aliphatic carbocycles. The molecule has 2 aromatic rings. The van der Waals surface area contributed by atoms with Gasteiger partial charge in [0.2, 0.25) is 5.91 Å². The molecule has 5 nitrogen and oxygen atoms in total. The summed E-state index contributed by atoms with van der Waals surface area (Å²) in [7, 11) is 0. The molecule has 2 amide bonds. The molecule has 0 radical (unpaired) electrons. The van der Waals surface area contributed by atoms with Crippen LogP contribution in [0.2, 0.25) is 5.02 Å². The van der Waals surface area contributed by atoms with E-state index >= 15 is 0 Å². The fourth-order valence-corrected chi connectivity index (χ4v) is 3.20. The number of nitrogens with one attached hydrogen (secondary N) is 1. The zero-order chi connectivity index (χ0) is 18.1. The molecule has 0 bridgehead atoms. The van der Waals surface area contributed by atoms with E-state index in [1.807, 2.05) is 26.0 Å². The first-order chi connectivity index (χ1) is 11.9. The zero-order valence-electron chi connectivity index (χ0n) is 13.7. The summed E-state index contributed by atoms with van der Waals surface area (Å²) >= 11 is 9.48. The summed E-state index contributed by atoms with van der Waals surface area (Å²) in [5.74, 6) is -0.0351. The first-order valence-corrected chi connectivity index (χ1v) is 8.82. The van der Waals surface area contributed by atoms with Gasteiger partial charge in [0.1, 0.15) is 12.3 Å². The number of hydrogen-bond donors (Lipinski definition) is 1. The highest BCUT2D eigenvalue weighted by Gasteiger charge is 2.27. The van der Waals surface area contributed by atoms with Gasteiger partial charge in [-0.2, -0.15) is 0 Å². The van der Waals surface area contributed by atoms with Gasteiger partial charge >= 0.3 is 0 Å². The van der Waals surface area contributed by atoms with Gasteiger partial charge < -0.3 is 10.1 Å². The van der Waals surface area contributed by atoms with Crippen LogP contribution in [0, 0.1) is 13.8 Å². The number of nitrogens with zero attached hydrogens (tertiary/aromatic N) is 1. The van der Waals surface area contributed by atoms with E-state index < -0.39 is 0 Å². The molecule has 0 spiro atoms. The molecule has 0 saturated carbocycles. The Hall–Kier alpha value is -2.05. The van der Waals surface area contributed by atoms with Gasteiger partial charge in [0, 0.05) is 15.2 Å². The predicted octanol–water partition coefficient (Wildman–Crippen LogP) is 4.08. The number of rotatable bonds is 3. The molecule has 130 valence electrons. The molecule has 0 atom stereocenters. The maximum absolute atomic E-state index is 12.5. The van der Waals surface area contributed by atoms with Crippen LogP contribution in [-0.4, -0.2) is 25.0 Å². The van der Waals surface area contributed by atoms with E-state index in [0.29, 0.717) is 16.5 Å². The quantitative estimate of drug-likeness (QED) is 0.809. The minimum Gasteiger partial charge on any atom is -0.482 e. The Morgan fingerprint density at radius 3 is 2.80 bits per heavy atom. The smallest absolute Gasteiger partial charge is 0.265 e. The first-order valence-electron chi connectivity index (χ1n) is 7.65. The summed E-state index contributed by atoms with van der Waals surface area (Å²) in [6.07, 6.45) is 0. The maximum Gasteiger partial charge on any atom is 0.265 e. The Balaban J connectivity index is 1.81. The zero-order valence-corrected chi connectivity index (χ0v) is 16.1. The largest absolute Gasteiger partial charge is 0.482 e. The Kier molecular flexibility index (Phi) is 5.01. The third-order valence-electron chi connectivity index (χ3n) is 4.16.